The van der Waals surface area contributed by atoms with Gasteiger partial charge in [-0.05, 0) is 30.6 Å². The average Bonchev–Trinajstić information content (AvgIpc) is 2.21. The first-order valence-electron chi connectivity index (χ1n) is 6.58. The van der Waals surface area contributed by atoms with Crippen molar-refractivity contribution >= 4 is 0 Å². The molecule has 2 fully saturated rings. The number of rotatable bonds is 1. The van der Waals surface area contributed by atoms with E-state index in [0.29, 0.717) is 0 Å². The van der Waals surface area contributed by atoms with Crippen LogP contribution < -0.4 is 0 Å². The second kappa shape index (κ2) is 6.75. The van der Waals surface area contributed by atoms with Crippen LogP contribution in [0.15, 0.2) is 0 Å². The summed E-state index contributed by atoms with van der Waals surface area (Å²) in [7, 11) is 0. The largest absolute Gasteiger partial charge is 3.00 e. The van der Waals surface area contributed by atoms with Gasteiger partial charge in [0.05, 0.1) is 0 Å². The third-order valence-electron chi connectivity index (χ3n) is 4.62. The molecule has 0 unspecified atom stereocenters. The van der Waals surface area contributed by atoms with Gasteiger partial charge in [-0.25, -0.2) is 0 Å². The summed E-state index contributed by atoms with van der Waals surface area (Å²) < 4.78 is 0. The zero-order chi connectivity index (χ0) is 9.97. The number of hydrogen-bond donors (Lipinski definition) is 0. The van der Waals surface area contributed by atoms with Crippen molar-refractivity contribution in [2.45, 2.75) is 58.3 Å². The van der Waals surface area contributed by atoms with E-state index in [2.05, 4.69) is 13.8 Å². The molecule has 0 aromatic rings. The summed E-state index contributed by atoms with van der Waals surface area (Å²) in [5.74, 6) is 3.93. The van der Waals surface area contributed by atoms with Gasteiger partial charge in [0.1, 0.15) is 0 Å². The Labute approximate surface area is 121 Å². The molecule has 0 amide bonds. The molecule has 82 valence electrons. The Morgan fingerprint density at radius 2 is 1.13 bits per heavy atom. The zero-order valence-corrected chi connectivity index (χ0v) is 13.1. The predicted molar refractivity (Wildman–Crippen MR) is 61.9 cm³/mol. The van der Waals surface area contributed by atoms with E-state index in [0.717, 1.165) is 23.7 Å². The summed E-state index contributed by atoms with van der Waals surface area (Å²) in [6.45, 7) is 6.61. The normalized spacial score (nSPS) is 42.0. The van der Waals surface area contributed by atoms with Gasteiger partial charge in [0.25, 0.3) is 0 Å². The van der Waals surface area contributed by atoms with E-state index < -0.39 is 0 Å². The van der Waals surface area contributed by atoms with Crippen LogP contribution in [-0.4, -0.2) is 0 Å². The van der Waals surface area contributed by atoms with Crippen LogP contribution in [0.2, 0.25) is 0 Å². The van der Waals surface area contributed by atoms with Crippen molar-refractivity contribution in [3.05, 3.63) is 6.92 Å². The third-order valence-corrected chi connectivity index (χ3v) is 4.62. The van der Waals surface area contributed by atoms with E-state index in [4.69, 9.17) is 0 Å². The van der Waals surface area contributed by atoms with Gasteiger partial charge in [-0.3, -0.25) is 0 Å². The maximum Gasteiger partial charge on any atom is 3.00 e. The molecule has 0 spiro atoms. The molecule has 0 radical (unpaired) electrons. The average molecular weight is 282 g/mol. The van der Waals surface area contributed by atoms with Gasteiger partial charge in [-0.2, -0.15) is 5.92 Å². The van der Waals surface area contributed by atoms with E-state index in [1.807, 2.05) is 0 Å². The zero-order valence-electron chi connectivity index (χ0n) is 10.3. The van der Waals surface area contributed by atoms with Gasteiger partial charge in [-0.1, -0.05) is 45.4 Å². The summed E-state index contributed by atoms with van der Waals surface area (Å²) in [5.41, 5.74) is 0. The van der Waals surface area contributed by atoms with Crippen molar-refractivity contribution in [2.24, 2.45) is 23.7 Å². The quantitative estimate of drug-likeness (QED) is 0.623. The standard InChI is InChI=1S/C14H25.Y/c1-11-3-7-13(8-4-11)14-9-5-12(2)6-10-14;/h11-14H,1,3-10H2,2H3;/q-1;+3. The second-order valence-corrected chi connectivity index (χ2v) is 5.80. The van der Waals surface area contributed by atoms with Crippen LogP contribution in [0.1, 0.15) is 58.3 Å². The van der Waals surface area contributed by atoms with E-state index in [-0.39, 0.29) is 32.7 Å². The summed E-state index contributed by atoms with van der Waals surface area (Å²) in [6, 6.07) is 0. The van der Waals surface area contributed by atoms with Gasteiger partial charge in [0, 0.05) is 0 Å². The molecule has 15 heavy (non-hydrogen) atoms. The van der Waals surface area contributed by atoms with Crippen molar-refractivity contribution in [2.75, 3.05) is 0 Å². The molecule has 0 saturated heterocycles. The molecule has 0 aromatic heterocycles. The molecule has 0 aromatic carbocycles. The fourth-order valence-corrected chi connectivity index (χ4v) is 3.42. The molecule has 0 heterocycles. The Morgan fingerprint density at radius 3 is 1.60 bits per heavy atom. The molecule has 0 aliphatic heterocycles. The summed E-state index contributed by atoms with van der Waals surface area (Å²) >= 11 is 0. The van der Waals surface area contributed by atoms with Crippen molar-refractivity contribution in [1.29, 1.82) is 0 Å². The van der Waals surface area contributed by atoms with Gasteiger partial charge < -0.3 is 6.92 Å². The van der Waals surface area contributed by atoms with Crippen LogP contribution in [0.25, 0.3) is 0 Å². The minimum Gasteiger partial charge on any atom is -0.340 e. The number of hydrogen-bond acceptors (Lipinski definition) is 0. The summed E-state index contributed by atoms with van der Waals surface area (Å²) in [5, 5.41) is 0. The van der Waals surface area contributed by atoms with Crippen molar-refractivity contribution < 1.29 is 32.7 Å². The van der Waals surface area contributed by atoms with Crippen LogP contribution in [0.3, 0.4) is 0 Å². The first kappa shape index (κ1) is 14.2. The van der Waals surface area contributed by atoms with Gasteiger partial charge >= 0.3 is 32.7 Å². The fourth-order valence-electron chi connectivity index (χ4n) is 3.42. The molecule has 1 heteroatoms. The van der Waals surface area contributed by atoms with Crippen LogP contribution in [0.5, 0.6) is 0 Å². The first-order valence-corrected chi connectivity index (χ1v) is 6.58. The third kappa shape index (κ3) is 4.12. The molecular formula is C14H25Y+2. The van der Waals surface area contributed by atoms with E-state index in [1.165, 1.54) is 51.4 Å². The maximum absolute atomic E-state index is 4.19. The van der Waals surface area contributed by atoms with Crippen LogP contribution in [0.4, 0.5) is 0 Å². The molecule has 2 saturated carbocycles. The minimum absolute atomic E-state index is 0. The van der Waals surface area contributed by atoms with Crippen molar-refractivity contribution in [3.8, 4) is 0 Å². The summed E-state index contributed by atoms with van der Waals surface area (Å²) in [4.78, 5) is 0. The van der Waals surface area contributed by atoms with Crippen LogP contribution >= 0.6 is 0 Å². The Hall–Kier alpha value is 1.10. The molecule has 0 nitrogen and oxygen atoms in total. The van der Waals surface area contributed by atoms with Gasteiger partial charge in [0.2, 0.25) is 0 Å². The Bertz CT molecular complexity index is 142. The molecule has 0 N–H and O–H groups in total. The molecule has 0 atom stereocenters. The SMILES string of the molecule is [CH2-]C1CCC(C2CCC(C)CC2)CC1.[Y+3]. The molecule has 0 bridgehead atoms. The van der Waals surface area contributed by atoms with Crippen molar-refractivity contribution in [3.63, 3.8) is 0 Å². The Kier molecular flexibility index (Phi) is 6.37. The van der Waals surface area contributed by atoms with E-state index in [1.54, 1.807) is 0 Å². The van der Waals surface area contributed by atoms with Crippen molar-refractivity contribution in [1.82, 2.24) is 0 Å². The van der Waals surface area contributed by atoms with E-state index >= 15 is 0 Å². The second-order valence-electron chi connectivity index (χ2n) is 5.80. The van der Waals surface area contributed by atoms with Gasteiger partial charge in [0.15, 0.2) is 0 Å². The topological polar surface area (TPSA) is 0 Å². The van der Waals surface area contributed by atoms with Crippen LogP contribution in [0, 0.1) is 30.6 Å². The first-order chi connectivity index (χ1) is 6.75. The maximum atomic E-state index is 4.19. The molecular weight excluding hydrogens is 257 g/mol. The fraction of sp³-hybridized carbons (Fsp3) is 0.929. The molecule has 2 rings (SSSR count). The monoisotopic (exact) mass is 282 g/mol. The van der Waals surface area contributed by atoms with Gasteiger partial charge in [-0.15, -0.1) is 0 Å². The molecule has 2 aliphatic rings. The molecule has 2 aliphatic carbocycles. The minimum atomic E-state index is 0. The Balaban J connectivity index is 0.00000112. The smallest absolute Gasteiger partial charge is 0.340 e. The Morgan fingerprint density at radius 1 is 0.733 bits per heavy atom. The predicted octanol–water partition coefficient (Wildman–Crippen LogP) is 4.45. The van der Waals surface area contributed by atoms with Crippen LogP contribution in [-0.2, 0) is 32.7 Å². The summed E-state index contributed by atoms with van der Waals surface area (Å²) in [6.07, 6.45) is 11.8. The van der Waals surface area contributed by atoms with E-state index in [9.17, 15) is 0 Å².